The molecule has 2 atom stereocenters. The lowest BCUT2D eigenvalue weighted by Gasteiger charge is -2.19. The largest absolute Gasteiger partial charge is 0.483 e. The van der Waals surface area contributed by atoms with E-state index in [0.29, 0.717) is 25.4 Å². The standard InChI is InChI=1S/C18H26N2O4/c1-3-13(2)15-6-4-5-7-16(15)24-12-18(22)20-9-8-14(10-20)23-11-17(19)21/h4-7,13-14H,3,8-12H2,1-2H3,(H2,19,21)/t13-,14+/m1/s1. The quantitative estimate of drug-likeness (QED) is 0.784. The number of amides is 2. The molecule has 24 heavy (non-hydrogen) atoms. The average molecular weight is 334 g/mol. The molecule has 0 aliphatic carbocycles. The molecule has 0 unspecified atom stereocenters. The Labute approximate surface area is 142 Å². The summed E-state index contributed by atoms with van der Waals surface area (Å²) in [6.45, 7) is 5.26. The van der Waals surface area contributed by atoms with Gasteiger partial charge in [0, 0.05) is 13.1 Å². The molecule has 1 heterocycles. The first-order valence-electron chi connectivity index (χ1n) is 8.40. The van der Waals surface area contributed by atoms with Crippen LogP contribution in [0.25, 0.3) is 0 Å². The molecule has 1 aliphatic rings. The zero-order chi connectivity index (χ0) is 17.5. The molecule has 1 fully saturated rings. The van der Waals surface area contributed by atoms with Gasteiger partial charge in [0.1, 0.15) is 12.4 Å². The van der Waals surface area contributed by atoms with Gasteiger partial charge in [-0.25, -0.2) is 0 Å². The number of para-hydroxylation sites is 1. The summed E-state index contributed by atoms with van der Waals surface area (Å²) in [5.41, 5.74) is 6.18. The number of hydrogen-bond donors (Lipinski definition) is 1. The fourth-order valence-electron chi connectivity index (χ4n) is 2.76. The van der Waals surface area contributed by atoms with Gasteiger partial charge in [0.05, 0.1) is 6.10 Å². The van der Waals surface area contributed by atoms with Crippen LogP contribution in [0.2, 0.25) is 0 Å². The van der Waals surface area contributed by atoms with Gasteiger partial charge < -0.3 is 20.1 Å². The second-order valence-corrected chi connectivity index (χ2v) is 6.16. The first-order valence-corrected chi connectivity index (χ1v) is 8.40. The third-order valence-corrected chi connectivity index (χ3v) is 4.37. The average Bonchev–Trinajstić information content (AvgIpc) is 3.06. The molecule has 6 heteroatoms. The fourth-order valence-corrected chi connectivity index (χ4v) is 2.76. The first kappa shape index (κ1) is 18.3. The highest BCUT2D eigenvalue weighted by molar-refractivity contribution is 5.78. The van der Waals surface area contributed by atoms with Crippen LogP contribution in [-0.2, 0) is 14.3 Å². The summed E-state index contributed by atoms with van der Waals surface area (Å²) in [6.07, 6.45) is 1.59. The number of carbonyl (C=O) groups excluding carboxylic acids is 2. The third-order valence-electron chi connectivity index (χ3n) is 4.37. The molecule has 1 aromatic carbocycles. The second kappa shape index (κ2) is 8.68. The number of hydrogen-bond acceptors (Lipinski definition) is 4. The van der Waals surface area contributed by atoms with E-state index >= 15 is 0 Å². The molecule has 1 aliphatic heterocycles. The molecule has 0 bridgehead atoms. The van der Waals surface area contributed by atoms with Gasteiger partial charge >= 0.3 is 0 Å². The summed E-state index contributed by atoms with van der Waals surface area (Å²) in [7, 11) is 0. The van der Waals surface area contributed by atoms with E-state index in [9.17, 15) is 9.59 Å². The first-order chi connectivity index (χ1) is 11.5. The molecule has 1 saturated heterocycles. The van der Waals surface area contributed by atoms with E-state index < -0.39 is 5.91 Å². The van der Waals surface area contributed by atoms with Crippen molar-refractivity contribution in [2.75, 3.05) is 26.3 Å². The lowest BCUT2D eigenvalue weighted by Crippen LogP contribution is -2.34. The van der Waals surface area contributed by atoms with Crippen LogP contribution in [0.3, 0.4) is 0 Å². The summed E-state index contributed by atoms with van der Waals surface area (Å²) < 4.78 is 11.1. The Morgan fingerprint density at radius 2 is 2.08 bits per heavy atom. The normalized spacial score (nSPS) is 18.4. The van der Waals surface area contributed by atoms with Crippen LogP contribution in [0.5, 0.6) is 5.75 Å². The van der Waals surface area contributed by atoms with E-state index in [2.05, 4.69) is 13.8 Å². The minimum absolute atomic E-state index is 0.00991. The van der Waals surface area contributed by atoms with Crippen molar-refractivity contribution in [1.29, 1.82) is 0 Å². The highest BCUT2D eigenvalue weighted by Gasteiger charge is 2.27. The van der Waals surface area contributed by atoms with E-state index in [4.69, 9.17) is 15.2 Å². The maximum absolute atomic E-state index is 12.3. The smallest absolute Gasteiger partial charge is 0.260 e. The van der Waals surface area contributed by atoms with Crippen molar-refractivity contribution < 1.29 is 19.1 Å². The second-order valence-electron chi connectivity index (χ2n) is 6.16. The van der Waals surface area contributed by atoms with Crippen LogP contribution in [0, 0.1) is 0 Å². The van der Waals surface area contributed by atoms with Crippen LogP contribution in [0.1, 0.15) is 38.2 Å². The van der Waals surface area contributed by atoms with E-state index in [0.717, 1.165) is 17.7 Å². The lowest BCUT2D eigenvalue weighted by atomic mass is 9.98. The van der Waals surface area contributed by atoms with Gasteiger partial charge in [-0.3, -0.25) is 9.59 Å². The molecule has 2 N–H and O–H groups in total. The fraction of sp³-hybridized carbons (Fsp3) is 0.556. The van der Waals surface area contributed by atoms with Gasteiger partial charge in [-0.1, -0.05) is 32.0 Å². The van der Waals surface area contributed by atoms with Crippen molar-refractivity contribution in [1.82, 2.24) is 4.90 Å². The number of nitrogens with two attached hydrogens (primary N) is 1. The summed E-state index contributed by atoms with van der Waals surface area (Å²) >= 11 is 0. The molecule has 132 valence electrons. The predicted octanol–water partition coefficient (Wildman–Crippen LogP) is 1.68. The van der Waals surface area contributed by atoms with E-state index in [1.807, 2.05) is 24.3 Å². The SMILES string of the molecule is CC[C@@H](C)c1ccccc1OCC(=O)N1CC[C@H](OCC(N)=O)C1. The van der Waals surface area contributed by atoms with Gasteiger partial charge in [-0.15, -0.1) is 0 Å². The van der Waals surface area contributed by atoms with E-state index in [-0.39, 0.29) is 25.2 Å². The molecule has 6 nitrogen and oxygen atoms in total. The van der Waals surface area contributed by atoms with Crippen molar-refractivity contribution >= 4 is 11.8 Å². The van der Waals surface area contributed by atoms with Crippen LogP contribution >= 0.6 is 0 Å². The Morgan fingerprint density at radius 3 is 2.79 bits per heavy atom. The minimum atomic E-state index is -0.496. The van der Waals surface area contributed by atoms with Crippen LogP contribution in [-0.4, -0.2) is 49.1 Å². The van der Waals surface area contributed by atoms with Crippen LogP contribution < -0.4 is 10.5 Å². The molecule has 0 radical (unpaired) electrons. The number of ether oxygens (including phenoxy) is 2. The van der Waals surface area contributed by atoms with Crippen LogP contribution in [0.15, 0.2) is 24.3 Å². The van der Waals surface area contributed by atoms with Gasteiger partial charge in [0.25, 0.3) is 5.91 Å². The monoisotopic (exact) mass is 334 g/mol. The Hall–Kier alpha value is -2.08. The van der Waals surface area contributed by atoms with Crippen molar-refractivity contribution in [2.45, 2.75) is 38.7 Å². The number of benzene rings is 1. The maximum atomic E-state index is 12.3. The molecule has 0 aromatic heterocycles. The zero-order valence-electron chi connectivity index (χ0n) is 14.4. The molecule has 0 saturated carbocycles. The third kappa shape index (κ3) is 4.96. The number of primary amides is 1. The van der Waals surface area contributed by atoms with E-state index in [1.165, 1.54) is 0 Å². The Balaban J connectivity index is 1.85. The van der Waals surface area contributed by atoms with Crippen molar-refractivity contribution in [3.8, 4) is 5.75 Å². The summed E-state index contributed by atoms with van der Waals surface area (Å²) in [5, 5.41) is 0. The Kier molecular flexibility index (Phi) is 6.61. The number of likely N-dealkylation sites (tertiary alicyclic amines) is 1. The van der Waals surface area contributed by atoms with Gasteiger partial charge in [0.2, 0.25) is 5.91 Å². The van der Waals surface area contributed by atoms with Gasteiger partial charge in [-0.2, -0.15) is 0 Å². The molecule has 1 aromatic rings. The van der Waals surface area contributed by atoms with Crippen molar-refractivity contribution in [3.63, 3.8) is 0 Å². The van der Waals surface area contributed by atoms with Crippen molar-refractivity contribution in [3.05, 3.63) is 29.8 Å². The highest BCUT2D eigenvalue weighted by atomic mass is 16.5. The highest BCUT2D eigenvalue weighted by Crippen LogP contribution is 2.28. The molecule has 2 rings (SSSR count). The summed E-state index contributed by atoms with van der Waals surface area (Å²) in [6, 6.07) is 7.83. The number of rotatable bonds is 8. The predicted molar refractivity (Wildman–Crippen MR) is 90.8 cm³/mol. The Morgan fingerprint density at radius 1 is 1.33 bits per heavy atom. The Bertz CT molecular complexity index is 576. The zero-order valence-corrected chi connectivity index (χ0v) is 14.4. The molecule has 0 spiro atoms. The topological polar surface area (TPSA) is 81.9 Å². The van der Waals surface area contributed by atoms with Gasteiger partial charge in [0.15, 0.2) is 6.61 Å². The molecular weight excluding hydrogens is 308 g/mol. The molecule has 2 amide bonds. The van der Waals surface area contributed by atoms with Crippen molar-refractivity contribution in [2.24, 2.45) is 5.73 Å². The number of carbonyl (C=O) groups is 2. The summed E-state index contributed by atoms with van der Waals surface area (Å²) in [4.78, 5) is 24.8. The minimum Gasteiger partial charge on any atom is -0.483 e. The van der Waals surface area contributed by atoms with Crippen LogP contribution in [0.4, 0.5) is 0 Å². The summed E-state index contributed by atoms with van der Waals surface area (Å²) in [5.74, 6) is 0.583. The maximum Gasteiger partial charge on any atom is 0.260 e. The number of nitrogens with zero attached hydrogens (tertiary/aromatic N) is 1. The van der Waals surface area contributed by atoms with Gasteiger partial charge in [-0.05, 0) is 30.4 Å². The molecular formula is C18H26N2O4. The lowest BCUT2D eigenvalue weighted by molar-refractivity contribution is -0.133. The van der Waals surface area contributed by atoms with E-state index in [1.54, 1.807) is 4.90 Å².